The molecule has 0 unspecified atom stereocenters. The molecule has 0 saturated carbocycles. The van der Waals surface area contributed by atoms with Crippen LogP contribution in [-0.2, 0) is 24.4 Å². The fraction of sp³-hybridized carbons (Fsp3) is 0.276. The van der Waals surface area contributed by atoms with Crippen molar-refractivity contribution >= 4 is 29.1 Å². The van der Waals surface area contributed by atoms with Crippen molar-refractivity contribution in [1.82, 2.24) is 24.6 Å². The molecule has 0 atom stereocenters. The van der Waals surface area contributed by atoms with Crippen LogP contribution < -0.4 is 15.5 Å². The summed E-state index contributed by atoms with van der Waals surface area (Å²) in [5.41, 5.74) is 4.44. The molecular formula is C29H30N8O2. The van der Waals surface area contributed by atoms with Crippen LogP contribution in [0.3, 0.4) is 0 Å². The Morgan fingerprint density at radius 1 is 0.897 bits per heavy atom. The molecule has 1 fully saturated rings. The van der Waals surface area contributed by atoms with Crippen molar-refractivity contribution < 1.29 is 9.59 Å². The number of aromatic nitrogens is 4. The number of carbonyl (C=O) groups is 2. The van der Waals surface area contributed by atoms with Crippen LogP contribution in [0.25, 0.3) is 0 Å². The van der Waals surface area contributed by atoms with Crippen LogP contribution in [0.15, 0.2) is 79.4 Å². The average Bonchev–Trinajstić information content (AvgIpc) is 3.64. The Labute approximate surface area is 226 Å². The van der Waals surface area contributed by atoms with E-state index in [1.165, 1.54) is 0 Å². The summed E-state index contributed by atoms with van der Waals surface area (Å²) in [6, 6.07) is 17.5. The Hall–Kier alpha value is -4.73. The van der Waals surface area contributed by atoms with E-state index >= 15 is 0 Å². The minimum Gasteiger partial charge on any atom is -0.371 e. The van der Waals surface area contributed by atoms with Crippen molar-refractivity contribution in [2.45, 2.75) is 38.5 Å². The standard InChI is InChI=1S/C29H30N8O2/c38-27(20-37-14-4-13-32-37)36-18-21-7-8-24(17-22(21)19-36)33-28(39)25-5-1-2-6-26(25)35-15-9-23(10-16-35)34-29-30-11-3-12-31-29/h1-8,11-14,17,23H,9-10,15-16,18-20H2,(H,33,39)(H,30,31,34). The van der Waals surface area contributed by atoms with E-state index in [-0.39, 0.29) is 18.4 Å². The number of amides is 2. The van der Waals surface area contributed by atoms with E-state index in [0.717, 1.165) is 48.4 Å². The predicted octanol–water partition coefficient (Wildman–Crippen LogP) is 3.55. The Morgan fingerprint density at radius 3 is 2.49 bits per heavy atom. The lowest BCUT2D eigenvalue weighted by Gasteiger charge is -2.34. The number of fused-ring (bicyclic) bond motifs is 1. The molecule has 0 spiro atoms. The number of para-hydroxylation sites is 1. The first-order valence-corrected chi connectivity index (χ1v) is 13.2. The summed E-state index contributed by atoms with van der Waals surface area (Å²) in [6.07, 6.45) is 8.77. The molecule has 2 aliphatic heterocycles. The van der Waals surface area contributed by atoms with E-state index in [9.17, 15) is 9.59 Å². The van der Waals surface area contributed by atoms with Crippen molar-refractivity contribution in [1.29, 1.82) is 0 Å². The second-order valence-electron chi connectivity index (χ2n) is 9.89. The molecule has 10 nitrogen and oxygen atoms in total. The summed E-state index contributed by atoms with van der Waals surface area (Å²) in [6.45, 7) is 2.96. The summed E-state index contributed by atoms with van der Waals surface area (Å²) < 4.78 is 1.63. The Balaban J connectivity index is 1.08. The minimum absolute atomic E-state index is 0.0182. The van der Waals surface area contributed by atoms with Crippen LogP contribution in [-0.4, -0.2) is 55.6 Å². The smallest absolute Gasteiger partial charge is 0.257 e. The number of hydrogen-bond donors (Lipinski definition) is 2. The fourth-order valence-electron chi connectivity index (χ4n) is 5.24. The molecule has 0 aliphatic carbocycles. The number of piperidine rings is 1. The third kappa shape index (κ3) is 5.59. The largest absolute Gasteiger partial charge is 0.371 e. The number of nitrogens with zero attached hydrogens (tertiary/aromatic N) is 6. The molecule has 39 heavy (non-hydrogen) atoms. The lowest BCUT2D eigenvalue weighted by atomic mass is 10.0. The average molecular weight is 523 g/mol. The molecule has 2 amide bonds. The van der Waals surface area contributed by atoms with Gasteiger partial charge >= 0.3 is 0 Å². The summed E-state index contributed by atoms with van der Waals surface area (Å²) in [4.78, 5) is 38.7. The first kappa shape index (κ1) is 24.6. The van der Waals surface area contributed by atoms with Crippen molar-refractivity contribution in [3.05, 3.63) is 96.1 Å². The van der Waals surface area contributed by atoms with Crippen molar-refractivity contribution in [3.8, 4) is 0 Å². The van der Waals surface area contributed by atoms with Gasteiger partial charge < -0.3 is 20.4 Å². The molecule has 2 aromatic carbocycles. The molecule has 0 bridgehead atoms. The zero-order valence-electron chi connectivity index (χ0n) is 21.5. The van der Waals surface area contributed by atoms with Gasteiger partial charge in [0.15, 0.2) is 0 Å². The molecule has 0 radical (unpaired) electrons. The number of carbonyl (C=O) groups excluding carboxylic acids is 2. The van der Waals surface area contributed by atoms with Crippen LogP contribution in [0.5, 0.6) is 0 Å². The lowest BCUT2D eigenvalue weighted by Crippen LogP contribution is -2.40. The van der Waals surface area contributed by atoms with Gasteiger partial charge in [-0.25, -0.2) is 9.97 Å². The van der Waals surface area contributed by atoms with Gasteiger partial charge in [-0.1, -0.05) is 18.2 Å². The monoisotopic (exact) mass is 522 g/mol. The molecule has 198 valence electrons. The van der Waals surface area contributed by atoms with Gasteiger partial charge in [0.1, 0.15) is 6.54 Å². The van der Waals surface area contributed by atoms with Gasteiger partial charge in [0.05, 0.1) is 5.56 Å². The number of benzene rings is 2. The molecule has 10 heteroatoms. The summed E-state index contributed by atoms with van der Waals surface area (Å²) in [5, 5.41) is 10.6. The van der Waals surface area contributed by atoms with E-state index in [4.69, 9.17) is 0 Å². The van der Waals surface area contributed by atoms with Crippen molar-refractivity contribution in [3.63, 3.8) is 0 Å². The van der Waals surface area contributed by atoms with Crippen molar-refractivity contribution in [2.75, 3.05) is 28.6 Å². The Morgan fingerprint density at radius 2 is 1.69 bits per heavy atom. The van der Waals surface area contributed by atoms with Gasteiger partial charge in [0, 0.05) is 68.4 Å². The number of nitrogens with one attached hydrogen (secondary N) is 2. The van der Waals surface area contributed by atoms with E-state index in [0.29, 0.717) is 30.6 Å². The van der Waals surface area contributed by atoms with E-state index < -0.39 is 0 Å². The first-order chi connectivity index (χ1) is 19.1. The van der Waals surface area contributed by atoms with E-state index in [1.54, 1.807) is 41.6 Å². The third-order valence-electron chi connectivity index (χ3n) is 7.28. The normalized spacial score (nSPS) is 15.2. The van der Waals surface area contributed by atoms with E-state index in [2.05, 4.69) is 30.6 Å². The minimum atomic E-state index is -0.145. The van der Waals surface area contributed by atoms with Gasteiger partial charge in [0.2, 0.25) is 11.9 Å². The molecule has 6 rings (SSSR count). The summed E-state index contributed by atoms with van der Waals surface area (Å²) >= 11 is 0. The number of anilines is 3. The van der Waals surface area contributed by atoms with Crippen LogP contribution in [0.4, 0.5) is 17.3 Å². The molecule has 4 aromatic rings. The van der Waals surface area contributed by atoms with Gasteiger partial charge in [-0.2, -0.15) is 5.10 Å². The zero-order valence-corrected chi connectivity index (χ0v) is 21.5. The molecule has 4 heterocycles. The highest BCUT2D eigenvalue weighted by atomic mass is 16.2. The lowest BCUT2D eigenvalue weighted by molar-refractivity contribution is -0.132. The maximum absolute atomic E-state index is 13.4. The van der Waals surface area contributed by atoms with Gasteiger partial charge in [-0.3, -0.25) is 14.3 Å². The number of rotatable bonds is 7. The van der Waals surface area contributed by atoms with Crippen LogP contribution >= 0.6 is 0 Å². The van der Waals surface area contributed by atoms with Crippen LogP contribution in [0, 0.1) is 0 Å². The second kappa shape index (κ2) is 10.9. The van der Waals surface area contributed by atoms with Crippen LogP contribution in [0.1, 0.15) is 34.3 Å². The van der Waals surface area contributed by atoms with Crippen LogP contribution in [0.2, 0.25) is 0 Å². The summed E-state index contributed by atoms with van der Waals surface area (Å²) in [7, 11) is 0. The highest BCUT2D eigenvalue weighted by Crippen LogP contribution is 2.28. The fourth-order valence-corrected chi connectivity index (χ4v) is 5.24. The second-order valence-corrected chi connectivity index (χ2v) is 9.89. The molecule has 2 N–H and O–H groups in total. The quantitative estimate of drug-likeness (QED) is 0.382. The van der Waals surface area contributed by atoms with Crippen molar-refractivity contribution in [2.24, 2.45) is 0 Å². The maximum Gasteiger partial charge on any atom is 0.257 e. The van der Waals surface area contributed by atoms with Gasteiger partial charge in [0.25, 0.3) is 5.91 Å². The first-order valence-electron chi connectivity index (χ1n) is 13.2. The highest BCUT2D eigenvalue weighted by molar-refractivity contribution is 6.08. The third-order valence-corrected chi connectivity index (χ3v) is 7.28. The Kier molecular flexibility index (Phi) is 6.90. The SMILES string of the molecule is O=C(Nc1ccc2c(c1)CN(C(=O)Cn1cccn1)C2)c1ccccc1N1CCC(Nc2ncccn2)CC1. The predicted molar refractivity (Wildman–Crippen MR) is 148 cm³/mol. The van der Waals surface area contributed by atoms with Gasteiger partial charge in [-0.05, 0) is 60.4 Å². The number of hydrogen-bond acceptors (Lipinski definition) is 7. The van der Waals surface area contributed by atoms with Gasteiger partial charge in [-0.15, -0.1) is 0 Å². The molecule has 1 saturated heterocycles. The van der Waals surface area contributed by atoms with E-state index in [1.807, 2.05) is 47.4 Å². The molecule has 2 aliphatic rings. The Bertz CT molecular complexity index is 1450. The maximum atomic E-state index is 13.4. The highest BCUT2D eigenvalue weighted by Gasteiger charge is 2.25. The summed E-state index contributed by atoms with van der Waals surface area (Å²) in [5.74, 6) is 0.522. The zero-order chi connectivity index (χ0) is 26.6. The molecule has 2 aromatic heterocycles. The topological polar surface area (TPSA) is 108 Å². The molecular weight excluding hydrogens is 492 g/mol.